The first kappa shape index (κ1) is 9.85. The molecule has 0 spiro atoms. The van der Waals surface area contributed by atoms with Crippen LogP contribution >= 0.6 is 0 Å². The molecule has 0 aliphatic heterocycles. The quantitative estimate of drug-likeness (QED) is 0.702. The van der Waals surface area contributed by atoms with E-state index in [1.54, 1.807) is 12.1 Å². The summed E-state index contributed by atoms with van der Waals surface area (Å²) in [6.45, 7) is 1.84. The highest BCUT2D eigenvalue weighted by atomic mass is 19.1. The molecule has 0 radical (unpaired) electrons. The number of aryl methyl sites for hydroxylation is 1. The maximum atomic E-state index is 13.5. The van der Waals surface area contributed by atoms with E-state index in [0.717, 1.165) is 5.56 Å². The molecule has 0 bridgehead atoms. The van der Waals surface area contributed by atoms with Gasteiger partial charge < -0.3 is 0 Å². The molecule has 2 rings (SSSR count). The summed E-state index contributed by atoms with van der Waals surface area (Å²) in [5.74, 6) is -0.368. The SMILES string of the molecule is Cc1ccc(F)c(C2(C#N)CC(=O)C2)c1. The van der Waals surface area contributed by atoms with Gasteiger partial charge in [0, 0.05) is 18.4 Å². The van der Waals surface area contributed by atoms with Gasteiger partial charge in [-0.3, -0.25) is 4.79 Å². The Hall–Kier alpha value is -1.69. The van der Waals surface area contributed by atoms with Gasteiger partial charge in [0.15, 0.2) is 0 Å². The number of Topliss-reactive ketones (excluding diaryl/α,β-unsaturated/α-hetero) is 1. The van der Waals surface area contributed by atoms with Crippen molar-refractivity contribution in [1.29, 1.82) is 5.26 Å². The van der Waals surface area contributed by atoms with Crippen molar-refractivity contribution in [2.45, 2.75) is 25.2 Å². The van der Waals surface area contributed by atoms with Crippen molar-refractivity contribution in [3.05, 3.63) is 35.1 Å². The minimum absolute atomic E-state index is 0.0254. The zero-order valence-corrected chi connectivity index (χ0v) is 8.38. The van der Waals surface area contributed by atoms with E-state index in [-0.39, 0.29) is 18.6 Å². The van der Waals surface area contributed by atoms with Gasteiger partial charge in [-0.05, 0) is 13.0 Å². The lowest BCUT2D eigenvalue weighted by Crippen LogP contribution is -2.41. The zero-order chi connectivity index (χ0) is 11.1. The molecule has 1 aliphatic rings. The molecule has 15 heavy (non-hydrogen) atoms. The first-order chi connectivity index (χ1) is 7.07. The maximum absolute atomic E-state index is 13.5. The molecule has 0 heterocycles. The summed E-state index contributed by atoms with van der Waals surface area (Å²) in [6.07, 6.45) is 0.285. The average molecular weight is 203 g/mol. The van der Waals surface area contributed by atoms with Crippen LogP contribution in [-0.2, 0) is 10.2 Å². The number of rotatable bonds is 1. The van der Waals surface area contributed by atoms with Crippen molar-refractivity contribution in [3.63, 3.8) is 0 Å². The predicted molar refractivity (Wildman–Crippen MR) is 52.7 cm³/mol. The highest BCUT2D eigenvalue weighted by molar-refractivity contribution is 5.90. The van der Waals surface area contributed by atoms with Crippen LogP contribution in [0.5, 0.6) is 0 Å². The van der Waals surface area contributed by atoms with Crippen LogP contribution in [0.2, 0.25) is 0 Å². The Morgan fingerprint density at radius 1 is 1.47 bits per heavy atom. The number of nitrogens with zero attached hydrogens (tertiary/aromatic N) is 1. The van der Waals surface area contributed by atoms with Crippen LogP contribution in [0.15, 0.2) is 18.2 Å². The molecule has 3 heteroatoms. The number of nitriles is 1. The molecule has 0 aromatic heterocycles. The van der Waals surface area contributed by atoms with Gasteiger partial charge in [0.1, 0.15) is 11.6 Å². The number of hydrogen-bond acceptors (Lipinski definition) is 2. The van der Waals surface area contributed by atoms with E-state index in [2.05, 4.69) is 6.07 Å². The monoisotopic (exact) mass is 203 g/mol. The fourth-order valence-corrected chi connectivity index (χ4v) is 1.96. The molecule has 76 valence electrons. The highest BCUT2D eigenvalue weighted by Gasteiger charge is 2.47. The minimum atomic E-state index is -0.910. The number of benzene rings is 1. The molecule has 0 amide bonds. The fourth-order valence-electron chi connectivity index (χ4n) is 1.96. The molecular formula is C12H10FNO. The summed E-state index contributed by atoms with van der Waals surface area (Å²) < 4.78 is 13.5. The summed E-state index contributed by atoms with van der Waals surface area (Å²) in [4.78, 5) is 11.0. The topological polar surface area (TPSA) is 40.9 Å². The van der Waals surface area contributed by atoms with Gasteiger partial charge in [-0.15, -0.1) is 0 Å². The van der Waals surface area contributed by atoms with Crippen molar-refractivity contribution in [3.8, 4) is 6.07 Å². The third-order valence-corrected chi connectivity index (χ3v) is 2.85. The summed E-state index contributed by atoms with van der Waals surface area (Å²) in [5.41, 5.74) is 0.359. The number of halogens is 1. The third-order valence-electron chi connectivity index (χ3n) is 2.85. The second kappa shape index (κ2) is 3.16. The summed E-state index contributed by atoms with van der Waals surface area (Å²) in [7, 11) is 0. The van der Waals surface area contributed by atoms with Gasteiger partial charge in [0.25, 0.3) is 0 Å². The summed E-state index contributed by atoms with van der Waals surface area (Å²) >= 11 is 0. The van der Waals surface area contributed by atoms with Gasteiger partial charge in [-0.1, -0.05) is 17.7 Å². The molecule has 1 fully saturated rings. The molecule has 0 atom stereocenters. The Morgan fingerprint density at radius 2 is 2.13 bits per heavy atom. The molecule has 2 nitrogen and oxygen atoms in total. The number of carbonyl (C=O) groups is 1. The summed E-state index contributed by atoms with van der Waals surface area (Å²) in [5, 5.41) is 9.05. The lowest BCUT2D eigenvalue weighted by molar-refractivity contribution is -0.126. The highest BCUT2D eigenvalue weighted by Crippen LogP contribution is 2.41. The van der Waals surface area contributed by atoms with E-state index < -0.39 is 11.2 Å². The van der Waals surface area contributed by atoms with Crippen LogP contribution in [-0.4, -0.2) is 5.78 Å². The lowest BCUT2D eigenvalue weighted by atomic mass is 9.64. The fraction of sp³-hybridized carbons (Fsp3) is 0.333. The minimum Gasteiger partial charge on any atom is -0.300 e. The van der Waals surface area contributed by atoms with Crippen LogP contribution in [0.1, 0.15) is 24.0 Å². The van der Waals surface area contributed by atoms with E-state index >= 15 is 0 Å². The van der Waals surface area contributed by atoms with Crippen molar-refractivity contribution in [2.75, 3.05) is 0 Å². The summed E-state index contributed by atoms with van der Waals surface area (Å²) in [6, 6.07) is 6.74. The maximum Gasteiger partial charge on any atom is 0.136 e. The molecular weight excluding hydrogens is 193 g/mol. The molecule has 1 aliphatic carbocycles. The van der Waals surface area contributed by atoms with E-state index in [9.17, 15) is 9.18 Å². The zero-order valence-electron chi connectivity index (χ0n) is 8.38. The second-order valence-electron chi connectivity index (χ2n) is 4.07. The number of ketones is 1. The smallest absolute Gasteiger partial charge is 0.136 e. The van der Waals surface area contributed by atoms with Gasteiger partial charge in [-0.2, -0.15) is 5.26 Å². The van der Waals surface area contributed by atoms with Crippen LogP contribution in [0.3, 0.4) is 0 Å². The Morgan fingerprint density at radius 3 is 2.67 bits per heavy atom. The van der Waals surface area contributed by atoms with Crippen LogP contribution < -0.4 is 0 Å². The van der Waals surface area contributed by atoms with Crippen LogP contribution in [0, 0.1) is 24.1 Å². The van der Waals surface area contributed by atoms with Crippen molar-refractivity contribution in [2.24, 2.45) is 0 Å². The standard InChI is InChI=1S/C12H10FNO/c1-8-2-3-11(13)10(4-8)12(7-14)5-9(15)6-12/h2-4H,5-6H2,1H3. The molecule has 0 unspecified atom stereocenters. The Labute approximate surface area is 87.3 Å². The van der Waals surface area contributed by atoms with Crippen LogP contribution in [0.25, 0.3) is 0 Å². The van der Waals surface area contributed by atoms with Gasteiger partial charge >= 0.3 is 0 Å². The van der Waals surface area contributed by atoms with Gasteiger partial charge in [0.05, 0.1) is 11.5 Å². The second-order valence-corrected chi connectivity index (χ2v) is 4.07. The van der Waals surface area contributed by atoms with Crippen molar-refractivity contribution < 1.29 is 9.18 Å². The van der Waals surface area contributed by atoms with E-state index in [1.165, 1.54) is 6.07 Å². The molecule has 0 saturated heterocycles. The molecule has 1 aromatic rings. The first-order valence-corrected chi connectivity index (χ1v) is 4.77. The Kier molecular flexibility index (Phi) is 2.08. The predicted octanol–water partition coefficient (Wildman–Crippen LogP) is 2.26. The van der Waals surface area contributed by atoms with Gasteiger partial charge in [-0.25, -0.2) is 4.39 Å². The first-order valence-electron chi connectivity index (χ1n) is 4.77. The van der Waals surface area contributed by atoms with Gasteiger partial charge in [0.2, 0.25) is 0 Å². The van der Waals surface area contributed by atoms with Crippen LogP contribution in [0.4, 0.5) is 4.39 Å². The van der Waals surface area contributed by atoms with Crippen molar-refractivity contribution >= 4 is 5.78 Å². The van der Waals surface area contributed by atoms with E-state index in [4.69, 9.17) is 5.26 Å². The Balaban J connectivity index is 2.49. The van der Waals surface area contributed by atoms with E-state index in [1.807, 2.05) is 6.92 Å². The van der Waals surface area contributed by atoms with E-state index in [0.29, 0.717) is 5.56 Å². The average Bonchev–Trinajstić information content (AvgIpc) is 2.17. The lowest BCUT2D eigenvalue weighted by Gasteiger charge is -2.34. The Bertz CT molecular complexity index is 465. The normalized spacial score (nSPS) is 18.1. The largest absolute Gasteiger partial charge is 0.300 e. The number of hydrogen-bond donors (Lipinski definition) is 0. The molecule has 1 aromatic carbocycles. The third kappa shape index (κ3) is 1.42. The van der Waals surface area contributed by atoms with Crippen molar-refractivity contribution in [1.82, 2.24) is 0 Å². The molecule has 0 N–H and O–H groups in total. The number of carbonyl (C=O) groups excluding carboxylic acids is 1. The molecule has 1 saturated carbocycles.